The zero-order chi connectivity index (χ0) is 17.2. The second-order valence-corrected chi connectivity index (χ2v) is 7.15. The summed E-state index contributed by atoms with van der Waals surface area (Å²) in [7, 11) is 1.86. The average molecular weight is 338 g/mol. The number of guanidine groups is 1. The molecule has 0 amide bonds. The van der Waals surface area contributed by atoms with Crippen molar-refractivity contribution in [2.24, 2.45) is 16.8 Å². The molecule has 0 unspecified atom stereocenters. The molecule has 0 spiro atoms. The van der Waals surface area contributed by atoms with E-state index in [1.54, 1.807) is 0 Å². The molecule has 2 fully saturated rings. The second-order valence-electron chi connectivity index (χ2n) is 7.15. The Bertz CT molecular complexity index is 395. The van der Waals surface area contributed by atoms with Crippen molar-refractivity contribution >= 4 is 11.9 Å². The SMILES string of the molecule is CCOC(=O)C1CCN(C(=NC)NCC2CCCCCCC2)CC1. The van der Waals surface area contributed by atoms with Gasteiger partial charge in [0.2, 0.25) is 0 Å². The van der Waals surface area contributed by atoms with Crippen molar-refractivity contribution in [1.82, 2.24) is 10.2 Å². The van der Waals surface area contributed by atoms with Gasteiger partial charge in [-0.3, -0.25) is 9.79 Å². The number of aliphatic imine (C=N–C) groups is 1. The van der Waals surface area contributed by atoms with Crippen LogP contribution in [-0.2, 0) is 9.53 Å². The predicted molar refractivity (Wildman–Crippen MR) is 98.1 cm³/mol. The second kappa shape index (κ2) is 10.6. The van der Waals surface area contributed by atoms with Gasteiger partial charge in [0.1, 0.15) is 0 Å². The Morgan fingerprint density at radius 1 is 1.08 bits per heavy atom. The first-order valence-corrected chi connectivity index (χ1v) is 9.86. The zero-order valence-corrected chi connectivity index (χ0v) is 15.6. The summed E-state index contributed by atoms with van der Waals surface area (Å²) in [4.78, 5) is 18.6. The van der Waals surface area contributed by atoms with E-state index in [9.17, 15) is 4.79 Å². The van der Waals surface area contributed by atoms with E-state index < -0.39 is 0 Å². The van der Waals surface area contributed by atoms with Crippen LogP contribution in [0.3, 0.4) is 0 Å². The molecule has 2 rings (SSSR count). The Morgan fingerprint density at radius 2 is 1.71 bits per heavy atom. The fourth-order valence-corrected chi connectivity index (χ4v) is 3.90. The fourth-order valence-electron chi connectivity index (χ4n) is 3.90. The predicted octanol–water partition coefficient (Wildman–Crippen LogP) is 3.20. The van der Waals surface area contributed by atoms with E-state index in [0.29, 0.717) is 6.61 Å². The Balaban J connectivity index is 1.75. The molecule has 1 aliphatic carbocycles. The van der Waals surface area contributed by atoms with Crippen molar-refractivity contribution in [3.8, 4) is 0 Å². The minimum absolute atomic E-state index is 0.0328. The standard InChI is InChI=1S/C19H35N3O2/c1-3-24-18(23)17-11-13-22(14-12-17)19(20-2)21-15-16-9-7-5-4-6-8-10-16/h16-17H,3-15H2,1-2H3,(H,20,21). The van der Waals surface area contributed by atoms with Gasteiger partial charge in [0.25, 0.3) is 0 Å². The molecular formula is C19H35N3O2. The maximum Gasteiger partial charge on any atom is 0.309 e. The van der Waals surface area contributed by atoms with Crippen LogP contribution in [0.4, 0.5) is 0 Å². The maximum atomic E-state index is 11.9. The normalized spacial score (nSPS) is 21.9. The van der Waals surface area contributed by atoms with Gasteiger partial charge in [-0.1, -0.05) is 32.1 Å². The first-order valence-electron chi connectivity index (χ1n) is 9.86. The molecule has 2 aliphatic rings. The van der Waals surface area contributed by atoms with Crippen LogP contribution < -0.4 is 5.32 Å². The number of carbonyl (C=O) groups excluding carboxylic acids is 1. The van der Waals surface area contributed by atoms with Crippen LogP contribution in [0.1, 0.15) is 64.7 Å². The molecule has 1 aliphatic heterocycles. The van der Waals surface area contributed by atoms with Gasteiger partial charge in [0, 0.05) is 26.7 Å². The van der Waals surface area contributed by atoms with Crippen LogP contribution in [0.5, 0.6) is 0 Å². The fraction of sp³-hybridized carbons (Fsp3) is 0.895. The molecule has 1 saturated carbocycles. The first kappa shape index (κ1) is 19.1. The number of nitrogens with one attached hydrogen (secondary N) is 1. The Morgan fingerprint density at radius 3 is 2.29 bits per heavy atom. The van der Waals surface area contributed by atoms with Crippen molar-refractivity contribution in [2.75, 3.05) is 33.3 Å². The number of rotatable bonds is 4. The van der Waals surface area contributed by atoms with Gasteiger partial charge >= 0.3 is 5.97 Å². The molecule has 5 nitrogen and oxygen atoms in total. The zero-order valence-electron chi connectivity index (χ0n) is 15.6. The molecule has 0 aromatic carbocycles. The third kappa shape index (κ3) is 5.99. The van der Waals surface area contributed by atoms with Gasteiger partial charge in [-0.15, -0.1) is 0 Å². The summed E-state index contributed by atoms with van der Waals surface area (Å²) in [6.07, 6.45) is 11.4. The lowest BCUT2D eigenvalue weighted by Crippen LogP contribution is -2.47. The van der Waals surface area contributed by atoms with Gasteiger partial charge in [0.05, 0.1) is 12.5 Å². The summed E-state index contributed by atoms with van der Waals surface area (Å²) in [6, 6.07) is 0. The Kier molecular flexibility index (Phi) is 8.40. The highest BCUT2D eigenvalue weighted by molar-refractivity contribution is 5.80. The molecule has 0 aromatic rings. The maximum absolute atomic E-state index is 11.9. The molecule has 5 heteroatoms. The van der Waals surface area contributed by atoms with Gasteiger partial charge in [-0.2, -0.15) is 0 Å². The Labute approximate surface area is 147 Å². The van der Waals surface area contributed by atoms with Crippen LogP contribution in [0.25, 0.3) is 0 Å². The number of esters is 1. The summed E-state index contributed by atoms with van der Waals surface area (Å²) in [6.45, 7) is 5.14. The van der Waals surface area contributed by atoms with Crippen LogP contribution in [0.2, 0.25) is 0 Å². The van der Waals surface area contributed by atoms with E-state index in [1.165, 1.54) is 44.9 Å². The lowest BCUT2D eigenvalue weighted by molar-refractivity contribution is -0.149. The highest BCUT2D eigenvalue weighted by Gasteiger charge is 2.27. The van der Waals surface area contributed by atoms with E-state index in [4.69, 9.17) is 4.74 Å². The van der Waals surface area contributed by atoms with Crippen LogP contribution in [-0.4, -0.2) is 50.1 Å². The van der Waals surface area contributed by atoms with Crippen molar-refractivity contribution in [1.29, 1.82) is 0 Å². The lowest BCUT2D eigenvalue weighted by Gasteiger charge is -2.34. The molecular weight excluding hydrogens is 302 g/mol. The van der Waals surface area contributed by atoms with E-state index in [0.717, 1.165) is 44.4 Å². The molecule has 1 N–H and O–H groups in total. The number of ether oxygens (including phenoxy) is 1. The topological polar surface area (TPSA) is 53.9 Å². The summed E-state index contributed by atoms with van der Waals surface area (Å²) in [5.74, 6) is 1.80. The molecule has 24 heavy (non-hydrogen) atoms. The van der Waals surface area contributed by atoms with E-state index >= 15 is 0 Å². The summed E-state index contributed by atoms with van der Waals surface area (Å²) in [5, 5.41) is 3.59. The number of nitrogens with zero attached hydrogens (tertiary/aromatic N) is 2. The van der Waals surface area contributed by atoms with Crippen molar-refractivity contribution in [3.63, 3.8) is 0 Å². The van der Waals surface area contributed by atoms with Crippen molar-refractivity contribution in [2.45, 2.75) is 64.7 Å². The largest absolute Gasteiger partial charge is 0.466 e. The quantitative estimate of drug-likeness (QED) is 0.486. The molecule has 0 radical (unpaired) electrons. The molecule has 138 valence electrons. The van der Waals surface area contributed by atoms with Crippen molar-refractivity contribution in [3.05, 3.63) is 0 Å². The van der Waals surface area contributed by atoms with Crippen LogP contribution >= 0.6 is 0 Å². The van der Waals surface area contributed by atoms with Crippen LogP contribution in [0.15, 0.2) is 4.99 Å². The molecule has 0 atom stereocenters. The number of piperidine rings is 1. The van der Waals surface area contributed by atoms with E-state index in [2.05, 4.69) is 15.2 Å². The average Bonchev–Trinajstić information content (AvgIpc) is 2.57. The van der Waals surface area contributed by atoms with Crippen LogP contribution in [0, 0.1) is 11.8 Å². The number of likely N-dealkylation sites (tertiary alicyclic amines) is 1. The number of hydrogen-bond acceptors (Lipinski definition) is 3. The van der Waals surface area contributed by atoms with E-state index in [-0.39, 0.29) is 11.9 Å². The number of carbonyl (C=O) groups is 1. The summed E-state index contributed by atoms with van der Waals surface area (Å²) < 4.78 is 5.15. The monoisotopic (exact) mass is 337 g/mol. The number of hydrogen-bond donors (Lipinski definition) is 1. The molecule has 1 heterocycles. The third-order valence-electron chi connectivity index (χ3n) is 5.40. The van der Waals surface area contributed by atoms with Gasteiger partial charge in [0.15, 0.2) is 5.96 Å². The van der Waals surface area contributed by atoms with Crippen molar-refractivity contribution < 1.29 is 9.53 Å². The highest BCUT2D eigenvalue weighted by atomic mass is 16.5. The molecule has 0 aromatic heterocycles. The third-order valence-corrected chi connectivity index (χ3v) is 5.40. The molecule has 1 saturated heterocycles. The summed E-state index contributed by atoms with van der Waals surface area (Å²) >= 11 is 0. The van der Waals surface area contributed by atoms with Gasteiger partial charge in [-0.25, -0.2) is 0 Å². The Hall–Kier alpha value is -1.26. The highest BCUT2D eigenvalue weighted by Crippen LogP contribution is 2.22. The lowest BCUT2D eigenvalue weighted by atomic mass is 9.91. The minimum atomic E-state index is -0.0328. The first-order chi connectivity index (χ1) is 11.7. The van der Waals surface area contributed by atoms with Gasteiger partial charge in [-0.05, 0) is 38.5 Å². The van der Waals surface area contributed by atoms with Gasteiger partial charge < -0.3 is 15.0 Å². The molecule has 0 bridgehead atoms. The van der Waals surface area contributed by atoms with E-state index in [1.807, 2.05) is 14.0 Å². The minimum Gasteiger partial charge on any atom is -0.466 e. The smallest absolute Gasteiger partial charge is 0.309 e. The summed E-state index contributed by atoms with van der Waals surface area (Å²) in [5.41, 5.74) is 0.